The number of carbonyl (C=O) groups excluding carboxylic acids is 1. The van der Waals surface area contributed by atoms with E-state index in [-0.39, 0.29) is 12.1 Å². The number of esters is 1. The molecule has 1 aromatic carbocycles. The molecule has 0 fully saturated rings. The van der Waals surface area contributed by atoms with Gasteiger partial charge in [0, 0.05) is 13.1 Å². The molecular weight excluding hydrogens is 194 g/mol. The predicted molar refractivity (Wildman–Crippen MR) is 53.9 cm³/mol. The van der Waals surface area contributed by atoms with Crippen molar-refractivity contribution in [1.82, 2.24) is 5.48 Å². The van der Waals surface area contributed by atoms with Gasteiger partial charge in [0.2, 0.25) is 0 Å². The number of nitrogens with one attached hydrogen (secondary N) is 1. The van der Waals surface area contributed by atoms with Crippen LogP contribution >= 0.6 is 0 Å². The number of benzene rings is 1. The minimum absolute atomic E-state index is 0.0728. The molecule has 1 aliphatic rings. The summed E-state index contributed by atoms with van der Waals surface area (Å²) in [5.41, 5.74) is 3.66. The van der Waals surface area contributed by atoms with Crippen LogP contribution in [0.5, 0.6) is 5.75 Å². The van der Waals surface area contributed by atoms with Crippen molar-refractivity contribution in [3.05, 3.63) is 42.1 Å². The first-order valence-electron chi connectivity index (χ1n) is 4.62. The zero-order valence-corrected chi connectivity index (χ0v) is 8.27. The van der Waals surface area contributed by atoms with E-state index in [9.17, 15) is 4.79 Å². The molecule has 0 aliphatic carbocycles. The van der Waals surface area contributed by atoms with Crippen LogP contribution < -0.4 is 10.2 Å². The fourth-order valence-corrected chi connectivity index (χ4v) is 1.35. The zero-order chi connectivity index (χ0) is 10.7. The lowest BCUT2D eigenvalue weighted by Crippen LogP contribution is -2.04. The smallest absolute Gasteiger partial charge is 0.308 e. The Morgan fingerprint density at radius 1 is 1.40 bits per heavy atom. The molecule has 78 valence electrons. The highest BCUT2D eigenvalue weighted by atomic mass is 16.7. The third kappa shape index (κ3) is 2.35. The number of ether oxygens (including phenoxy) is 1. The van der Waals surface area contributed by atoms with Gasteiger partial charge in [0.25, 0.3) is 0 Å². The van der Waals surface area contributed by atoms with E-state index >= 15 is 0 Å². The maximum Gasteiger partial charge on any atom is 0.308 e. The first kappa shape index (κ1) is 9.73. The van der Waals surface area contributed by atoms with Crippen molar-refractivity contribution < 1.29 is 14.4 Å². The van der Waals surface area contributed by atoms with E-state index in [1.54, 1.807) is 18.3 Å². The van der Waals surface area contributed by atoms with E-state index in [1.807, 2.05) is 18.2 Å². The summed E-state index contributed by atoms with van der Waals surface area (Å²) in [6.07, 6.45) is 3.57. The molecule has 1 unspecified atom stereocenters. The van der Waals surface area contributed by atoms with Gasteiger partial charge in [-0.2, -0.15) is 0 Å². The summed E-state index contributed by atoms with van der Waals surface area (Å²) >= 11 is 0. The Hall–Kier alpha value is -1.81. The van der Waals surface area contributed by atoms with Crippen molar-refractivity contribution in [3.63, 3.8) is 0 Å². The van der Waals surface area contributed by atoms with Crippen molar-refractivity contribution >= 4 is 5.97 Å². The minimum atomic E-state index is -0.318. The molecule has 0 saturated carbocycles. The van der Waals surface area contributed by atoms with Gasteiger partial charge in [-0.05, 0) is 23.8 Å². The van der Waals surface area contributed by atoms with Gasteiger partial charge in [-0.3, -0.25) is 15.1 Å². The first-order chi connectivity index (χ1) is 7.25. The Labute approximate surface area is 87.5 Å². The Morgan fingerprint density at radius 3 is 2.67 bits per heavy atom. The molecule has 0 spiro atoms. The van der Waals surface area contributed by atoms with Gasteiger partial charge in [-0.25, -0.2) is 0 Å². The second kappa shape index (κ2) is 4.14. The van der Waals surface area contributed by atoms with E-state index in [0.717, 1.165) is 5.56 Å². The van der Waals surface area contributed by atoms with Crippen LogP contribution in [0.2, 0.25) is 0 Å². The monoisotopic (exact) mass is 205 g/mol. The second-order valence-electron chi connectivity index (χ2n) is 3.18. The van der Waals surface area contributed by atoms with Crippen molar-refractivity contribution in [2.24, 2.45) is 0 Å². The van der Waals surface area contributed by atoms with Gasteiger partial charge in [-0.1, -0.05) is 12.1 Å². The van der Waals surface area contributed by atoms with Crippen LogP contribution in [0.15, 0.2) is 36.5 Å². The van der Waals surface area contributed by atoms with Gasteiger partial charge in [0.05, 0.1) is 0 Å². The number of rotatable bonds is 2. The van der Waals surface area contributed by atoms with E-state index in [0.29, 0.717) is 5.75 Å². The lowest BCUT2D eigenvalue weighted by molar-refractivity contribution is -0.131. The van der Waals surface area contributed by atoms with Crippen LogP contribution in [0, 0.1) is 0 Å². The van der Waals surface area contributed by atoms with Gasteiger partial charge in [-0.15, -0.1) is 0 Å². The third-order valence-electron chi connectivity index (χ3n) is 2.00. The fourth-order valence-electron chi connectivity index (χ4n) is 1.35. The van der Waals surface area contributed by atoms with Crippen LogP contribution in [-0.4, -0.2) is 5.97 Å². The van der Waals surface area contributed by atoms with Crippen LogP contribution in [0.25, 0.3) is 0 Å². The molecule has 1 aromatic rings. The third-order valence-corrected chi connectivity index (χ3v) is 2.00. The molecule has 15 heavy (non-hydrogen) atoms. The topological polar surface area (TPSA) is 47.6 Å². The first-order valence-corrected chi connectivity index (χ1v) is 4.62. The summed E-state index contributed by atoms with van der Waals surface area (Å²) < 4.78 is 4.92. The summed E-state index contributed by atoms with van der Waals surface area (Å²) in [5.74, 6) is 0.225. The summed E-state index contributed by atoms with van der Waals surface area (Å²) in [6.45, 7) is 1.38. The Bertz CT molecular complexity index is 383. The predicted octanol–water partition coefficient (Wildman–Crippen LogP) is 1.70. The average molecular weight is 205 g/mol. The number of hydroxylamine groups is 1. The number of carbonyl (C=O) groups is 1. The highest BCUT2D eigenvalue weighted by Crippen LogP contribution is 2.23. The van der Waals surface area contributed by atoms with Gasteiger partial charge in [0.15, 0.2) is 0 Å². The molecule has 0 bridgehead atoms. The van der Waals surface area contributed by atoms with Crippen molar-refractivity contribution in [3.8, 4) is 5.75 Å². The normalized spacial score (nSPS) is 18.6. The van der Waals surface area contributed by atoms with Crippen LogP contribution in [0.4, 0.5) is 0 Å². The zero-order valence-electron chi connectivity index (χ0n) is 8.27. The van der Waals surface area contributed by atoms with E-state index < -0.39 is 0 Å². The standard InChI is InChI=1S/C11H11NO3/c1-8(13)14-10-4-2-9(3-5-10)11-6-7-12-15-11/h2-7,11-12H,1H3. The molecule has 4 heteroatoms. The molecule has 2 rings (SSSR count). The van der Waals surface area contributed by atoms with Crippen LogP contribution in [-0.2, 0) is 9.63 Å². The quantitative estimate of drug-likeness (QED) is 0.589. The average Bonchev–Trinajstić information content (AvgIpc) is 2.71. The molecule has 0 amide bonds. The van der Waals surface area contributed by atoms with E-state index in [2.05, 4.69) is 5.48 Å². The van der Waals surface area contributed by atoms with Gasteiger partial charge in [0.1, 0.15) is 11.9 Å². The number of hydrogen-bond donors (Lipinski definition) is 1. The maximum atomic E-state index is 10.7. The second-order valence-corrected chi connectivity index (χ2v) is 3.18. The molecule has 1 aliphatic heterocycles. The number of hydrogen-bond acceptors (Lipinski definition) is 4. The summed E-state index contributed by atoms with van der Waals surface area (Å²) in [7, 11) is 0. The summed E-state index contributed by atoms with van der Waals surface area (Å²) in [4.78, 5) is 15.9. The molecule has 1 atom stereocenters. The van der Waals surface area contributed by atoms with Crippen molar-refractivity contribution in [1.29, 1.82) is 0 Å². The van der Waals surface area contributed by atoms with E-state index in [1.165, 1.54) is 6.92 Å². The Balaban J connectivity index is 2.09. The fraction of sp³-hybridized carbons (Fsp3) is 0.182. The molecular formula is C11H11NO3. The van der Waals surface area contributed by atoms with Crippen LogP contribution in [0.3, 0.4) is 0 Å². The lowest BCUT2D eigenvalue weighted by Gasteiger charge is -2.08. The summed E-state index contributed by atoms with van der Waals surface area (Å²) in [5, 5.41) is 0. The maximum absolute atomic E-state index is 10.7. The highest BCUT2D eigenvalue weighted by molar-refractivity contribution is 5.69. The lowest BCUT2D eigenvalue weighted by atomic mass is 10.1. The van der Waals surface area contributed by atoms with E-state index in [4.69, 9.17) is 9.57 Å². The van der Waals surface area contributed by atoms with Crippen molar-refractivity contribution in [2.75, 3.05) is 0 Å². The minimum Gasteiger partial charge on any atom is -0.427 e. The molecule has 4 nitrogen and oxygen atoms in total. The Kier molecular flexibility index (Phi) is 2.69. The molecule has 1 N–H and O–H groups in total. The van der Waals surface area contributed by atoms with Gasteiger partial charge < -0.3 is 4.74 Å². The molecule has 0 saturated heterocycles. The van der Waals surface area contributed by atoms with Crippen LogP contribution in [0.1, 0.15) is 18.6 Å². The largest absolute Gasteiger partial charge is 0.427 e. The molecule has 1 heterocycles. The van der Waals surface area contributed by atoms with Gasteiger partial charge >= 0.3 is 5.97 Å². The van der Waals surface area contributed by atoms with Crippen molar-refractivity contribution in [2.45, 2.75) is 13.0 Å². The SMILES string of the molecule is CC(=O)Oc1ccc(C2C=CNO2)cc1. The molecule has 0 aromatic heterocycles. The highest BCUT2D eigenvalue weighted by Gasteiger charge is 2.12. The molecule has 0 radical (unpaired) electrons. The summed E-state index contributed by atoms with van der Waals surface area (Å²) in [6, 6.07) is 7.21. The Morgan fingerprint density at radius 2 is 2.13 bits per heavy atom.